The third-order valence-corrected chi connectivity index (χ3v) is 6.54. The molecule has 2 amide bonds. The second-order valence-electron chi connectivity index (χ2n) is 7.72. The second-order valence-corrected chi connectivity index (χ2v) is 8.51. The standard InChI is InChI=1S/C23H20BrN5O4/c1-28-22(31)16-11-14(12-25)21(20(24)19(16)23(28)32)27-26-15-5-6-17-13(10-15)4-3-8-29(17)9-7-18(30)33-2/h5-6,10-11H,3-4,7-9H2,1-2H3. The number of hydrogen-bond acceptors (Lipinski definition) is 8. The van der Waals surface area contributed by atoms with E-state index >= 15 is 0 Å². The van der Waals surface area contributed by atoms with E-state index in [0.29, 0.717) is 18.7 Å². The summed E-state index contributed by atoms with van der Waals surface area (Å²) >= 11 is 3.35. The number of nitrogens with zero attached hydrogens (tertiary/aromatic N) is 5. The molecule has 2 aromatic rings. The number of amides is 2. The Labute approximate surface area is 198 Å². The minimum absolute atomic E-state index is 0.146. The van der Waals surface area contributed by atoms with Gasteiger partial charge in [-0.25, -0.2) is 0 Å². The molecule has 0 aromatic heterocycles. The molecule has 2 aromatic carbocycles. The highest BCUT2D eigenvalue weighted by Crippen LogP contribution is 2.40. The SMILES string of the molecule is COC(=O)CCN1CCCc2cc(N=Nc3c(C#N)cc4c(c3Br)C(=O)N(C)C4=O)ccc21. The zero-order valence-corrected chi connectivity index (χ0v) is 19.7. The molecule has 9 nitrogen and oxygen atoms in total. The highest BCUT2D eigenvalue weighted by molar-refractivity contribution is 9.10. The van der Waals surface area contributed by atoms with Crippen LogP contribution < -0.4 is 4.90 Å². The van der Waals surface area contributed by atoms with Crippen LogP contribution in [0.2, 0.25) is 0 Å². The lowest BCUT2D eigenvalue weighted by molar-refractivity contribution is -0.140. The number of fused-ring (bicyclic) bond motifs is 2. The van der Waals surface area contributed by atoms with Crippen LogP contribution in [0.5, 0.6) is 0 Å². The van der Waals surface area contributed by atoms with Crippen LogP contribution in [0.1, 0.15) is 44.7 Å². The fraction of sp³-hybridized carbons (Fsp3) is 0.304. The van der Waals surface area contributed by atoms with Gasteiger partial charge in [-0.1, -0.05) is 0 Å². The van der Waals surface area contributed by atoms with Gasteiger partial charge in [0.25, 0.3) is 11.8 Å². The number of hydrogen-bond donors (Lipinski definition) is 0. The first kappa shape index (κ1) is 22.6. The normalized spacial score (nSPS) is 15.0. The van der Waals surface area contributed by atoms with Crippen molar-refractivity contribution in [2.75, 3.05) is 32.1 Å². The molecule has 0 atom stereocenters. The number of benzene rings is 2. The maximum atomic E-state index is 12.4. The van der Waals surface area contributed by atoms with Crippen LogP contribution >= 0.6 is 15.9 Å². The van der Waals surface area contributed by atoms with Crippen molar-refractivity contribution in [3.63, 3.8) is 0 Å². The van der Waals surface area contributed by atoms with Crippen molar-refractivity contribution in [2.24, 2.45) is 10.2 Å². The topological polar surface area (TPSA) is 115 Å². The van der Waals surface area contributed by atoms with Gasteiger partial charge in [0.05, 0.1) is 40.4 Å². The summed E-state index contributed by atoms with van der Waals surface area (Å²) in [5.74, 6) is -1.15. The summed E-state index contributed by atoms with van der Waals surface area (Å²) < 4.78 is 5.01. The quantitative estimate of drug-likeness (QED) is 0.337. The van der Waals surface area contributed by atoms with Crippen LogP contribution in [-0.2, 0) is 16.0 Å². The third kappa shape index (κ3) is 4.12. The summed E-state index contributed by atoms with van der Waals surface area (Å²) in [5, 5.41) is 18.1. The van der Waals surface area contributed by atoms with Crippen molar-refractivity contribution in [1.29, 1.82) is 5.26 Å². The van der Waals surface area contributed by atoms with Gasteiger partial charge >= 0.3 is 5.97 Å². The number of halogens is 1. The molecular formula is C23H20BrN5O4. The van der Waals surface area contributed by atoms with E-state index in [4.69, 9.17) is 4.74 Å². The number of methoxy groups -OCH3 is 1. The Bertz CT molecular complexity index is 1250. The van der Waals surface area contributed by atoms with Crippen molar-refractivity contribution >= 4 is 50.8 Å². The van der Waals surface area contributed by atoms with Gasteiger partial charge in [0.1, 0.15) is 11.8 Å². The Morgan fingerprint density at radius 3 is 2.76 bits per heavy atom. The fourth-order valence-corrected chi connectivity index (χ4v) is 4.71. The van der Waals surface area contributed by atoms with Crippen LogP contribution in [0.4, 0.5) is 17.1 Å². The molecule has 0 bridgehead atoms. The van der Waals surface area contributed by atoms with E-state index in [2.05, 4.69) is 31.1 Å². The van der Waals surface area contributed by atoms with Gasteiger partial charge < -0.3 is 9.64 Å². The second kappa shape index (κ2) is 9.11. The number of carbonyl (C=O) groups is 3. The van der Waals surface area contributed by atoms with Gasteiger partial charge in [-0.15, -0.1) is 5.11 Å². The van der Waals surface area contributed by atoms with Crippen molar-refractivity contribution in [2.45, 2.75) is 19.3 Å². The molecule has 2 aliphatic rings. The Hall–Kier alpha value is -3.58. The fourth-order valence-electron chi connectivity index (χ4n) is 4.03. The van der Waals surface area contributed by atoms with Gasteiger partial charge in [0, 0.05) is 25.8 Å². The smallest absolute Gasteiger partial charge is 0.307 e. The highest BCUT2D eigenvalue weighted by atomic mass is 79.9. The number of aryl methyl sites for hydroxylation is 1. The first-order valence-electron chi connectivity index (χ1n) is 10.3. The number of anilines is 1. The van der Waals surface area contributed by atoms with Crippen LogP contribution in [0.15, 0.2) is 39.0 Å². The summed E-state index contributed by atoms with van der Waals surface area (Å²) in [6.45, 7) is 1.44. The number of ether oxygens (including phenoxy) is 1. The molecule has 33 heavy (non-hydrogen) atoms. The van der Waals surface area contributed by atoms with E-state index < -0.39 is 11.8 Å². The maximum absolute atomic E-state index is 12.4. The first-order valence-corrected chi connectivity index (χ1v) is 11.1. The molecule has 4 rings (SSSR count). The summed E-state index contributed by atoms with van der Waals surface area (Å²) in [6.07, 6.45) is 2.15. The lowest BCUT2D eigenvalue weighted by atomic mass is 10.0. The number of imide groups is 1. The van der Waals surface area contributed by atoms with Crippen LogP contribution in [0, 0.1) is 11.3 Å². The summed E-state index contributed by atoms with van der Waals surface area (Å²) in [4.78, 5) is 39.4. The number of esters is 1. The molecular weight excluding hydrogens is 490 g/mol. The molecule has 0 spiro atoms. The average molecular weight is 510 g/mol. The van der Waals surface area contributed by atoms with Gasteiger partial charge in [-0.2, -0.15) is 10.4 Å². The van der Waals surface area contributed by atoms with Crippen LogP contribution in [-0.4, -0.2) is 49.9 Å². The monoisotopic (exact) mass is 509 g/mol. The van der Waals surface area contributed by atoms with Crippen molar-refractivity contribution < 1.29 is 19.1 Å². The number of azo groups is 1. The summed E-state index contributed by atoms with van der Waals surface area (Å²) in [7, 11) is 2.78. The van der Waals surface area contributed by atoms with Gasteiger partial charge in [-0.05, 0) is 58.6 Å². The molecule has 0 aliphatic carbocycles. The predicted molar refractivity (Wildman–Crippen MR) is 123 cm³/mol. The molecule has 2 heterocycles. The van der Waals surface area contributed by atoms with E-state index in [-0.39, 0.29) is 32.8 Å². The molecule has 0 unspecified atom stereocenters. The lowest BCUT2D eigenvalue weighted by Gasteiger charge is -2.31. The van der Waals surface area contributed by atoms with Crippen LogP contribution in [0.25, 0.3) is 0 Å². The molecule has 0 saturated carbocycles. The zero-order valence-electron chi connectivity index (χ0n) is 18.1. The largest absolute Gasteiger partial charge is 0.469 e. The number of rotatable bonds is 5. The molecule has 0 saturated heterocycles. The molecule has 0 N–H and O–H groups in total. The molecule has 10 heteroatoms. The Morgan fingerprint density at radius 1 is 1.24 bits per heavy atom. The lowest BCUT2D eigenvalue weighted by Crippen LogP contribution is -2.31. The molecule has 0 fully saturated rings. The number of carbonyl (C=O) groups excluding carboxylic acids is 3. The highest BCUT2D eigenvalue weighted by Gasteiger charge is 2.37. The maximum Gasteiger partial charge on any atom is 0.307 e. The minimum atomic E-state index is -0.456. The van der Waals surface area contributed by atoms with E-state index in [0.717, 1.165) is 35.5 Å². The number of nitriles is 1. The van der Waals surface area contributed by atoms with E-state index in [1.807, 2.05) is 24.3 Å². The Kier molecular flexibility index (Phi) is 6.24. The zero-order chi connectivity index (χ0) is 23.7. The van der Waals surface area contributed by atoms with Gasteiger partial charge in [0.15, 0.2) is 0 Å². The molecule has 168 valence electrons. The van der Waals surface area contributed by atoms with E-state index in [1.54, 1.807) is 0 Å². The van der Waals surface area contributed by atoms with Gasteiger partial charge in [-0.3, -0.25) is 19.3 Å². The average Bonchev–Trinajstić information content (AvgIpc) is 3.05. The van der Waals surface area contributed by atoms with Crippen molar-refractivity contribution in [1.82, 2.24) is 4.90 Å². The van der Waals surface area contributed by atoms with E-state index in [1.165, 1.54) is 20.2 Å². The molecule has 2 aliphatic heterocycles. The Balaban J connectivity index is 1.63. The van der Waals surface area contributed by atoms with Crippen molar-refractivity contribution in [3.05, 3.63) is 51.0 Å². The first-order chi connectivity index (χ1) is 15.8. The predicted octanol–water partition coefficient (Wildman–Crippen LogP) is 4.28. The summed E-state index contributed by atoms with van der Waals surface area (Å²) in [5.41, 5.74) is 3.44. The molecule has 0 radical (unpaired) electrons. The summed E-state index contributed by atoms with van der Waals surface area (Å²) in [6, 6.07) is 9.09. The Morgan fingerprint density at radius 2 is 2.03 bits per heavy atom. The minimum Gasteiger partial charge on any atom is -0.469 e. The third-order valence-electron chi connectivity index (χ3n) is 5.77. The van der Waals surface area contributed by atoms with Crippen LogP contribution in [0.3, 0.4) is 0 Å². The van der Waals surface area contributed by atoms with E-state index in [9.17, 15) is 19.6 Å². The van der Waals surface area contributed by atoms with Gasteiger partial charge in [0.2, 0.25) is 0 Å². The van der Waals surface area contributed by atoms with Crippen molar-refractivity contribution in [3.8, 4) is 6.07 Å².